The zero-order chi connectivity index (χ0) is 12.4. The second-order valence-corrected chi connectivity index (χ2v) is 5.57. The number of hydrogen-bond donors (Lipinski definition) is 0. The number of ether oxygens (including phenoxy) is 2. The summed E-state index contributed by atoms with van der Waals surface area (Å²) < 4.78 is 10.9. The number of aromatic nitrogens is 2. The lowest BCUT2D eigenvalue weighted by atomic mass is 10.1. The van der Waals surface area contributed by atoms with E-state index in [9.17, 15) is 0 Å². The molecule has 0 N–H and O–H groups in total. The molecule has 1 fully saturated rings. The molecule has 0 aliphatic carbocycles. The summed E-state index contributed by atoms with van der Waals surface area (Å²) in [4.78, 5) is 9.58. The van der Waals surface area contributed by atoms with Gasteiger partial charge in [-0.15, -0.1) is 11.3 Å². The minimum absolute atomic E-state index is 0.407. The smallest absolute Gasteiger partial charge is 0.157 e. The lowest BCUT2D eigenvalue weighted by Crippen LogP contribution is -2.10. The summed E-state index contributed by atoms with van der Waals surface area (Å²) in [5, 5.41) is 3.38. The number of nitrogens with zero attached hydrogens (tertiary/aromatic N) is 2. The van der Waals surface area contributed by atoms with Crippen molar-refractivity contribution in [2.45, 2.75) is 13.0 Å². The fraction of sp³-hybridized carbons (Fsp3) is 0.500. The maximum atomic E-state index is 6.09. The fourth-order valence-electron chi connectivity index (χ4n) is 1.96. The van der Waals surface area contributed by atoms with Crippen molar-refractivity contribution in [3.8, 4) is 0 Å². The van der Waals surface area contributed by atoms with Crippen LogP contribution in [0.25, 0.3) is 10.2 Å². The average Bonchev–Trinajstić information content (AvgIpc) is 2.99. The van der Waals surface area contributed by atoms with Gasteiger partial charge in [0.1, 0.15) is 16.6 Å². The molecule has 0 radical (unpaired) electrons. The van der Waals surface area contributed by atoms with Gasteiger partial charge in [-0.2, -0.15) is 0 Å². The van der Waals surface area contributed by atoms with E-state index in [1.54, 1.807) is 11.3 Å². The van der Waals surface area contributed by atoms with Crippen LogP contribution < -0.4 is 0 Å². The molecule has 1 unspecified atom stereocenters. The molecule has 6 heteroatoms. The normalized spacial score (nSPS) is 19.7. The van der Waals surface area contributed by atoms with Crippen LogP contribution in [0, 0.1) is 5.92 Å². The molecule has 3 heterocycles. The largest absolute Gasteiger partial charge is 0.381 e. The molecular formula is C12H13ClN2O2S. The van der Waals surface area contributed by atoms with Crippen molar-refractivity contribution >= 4 is 33.2 Å². The zero-order valence-electron chi connectivity index (χ0n) is 9.76. The summed E-state index contributed by atoms with van der Waals surface area (Å²) in [5.74, 6) is 1.15. The Kier molecular flexibility index (Phi) is 3.75. The molecule has 0 saturated carbocycles. The highest BCUT2D eigenvalue weighted by molar-refractivity contribution is 7.16. The van der Waals surface area contributed by atoms with E-state index in [1.807, 2.05) is 11.4 Å². The Morgan fingerprint density at radius 1 is 1.50 bits per heavy atom. The molecular weight excluding hydrogens is 272 g/mol. The Morgan fingerprint density at radius 3 is 3.28 bits per heavy atom. The fourth-order valence-corrected chi connectivity index (χ4v) is 3.05. The van der Waals surface area contributed by atoms with Gasteiger partial charge in [0.15, 0.2) is 5.82 Å². The van der Waals surface area contributed by atoms with Crippen LogP contribution in [0.5, 0.6) is 0 Å². The third-order valence-electron chi connectivity index (χ3n) is 2.93. The van der Waals surface area contributed by atoms with Crippen molar-refractivity contribution in [1.29, 1.82) is 0 Å². The first-order chi connectivity index (χ1) is 8.83. The molecule has 1 aliphatic rings. The summed E-state index contributed by atoms with van der Waals surface area (Å²) in [6, 6.07) is 1.93. The van der Waals surface area contributed by atoms with Crippen LogP contribution in [0.2, 0.25) is 5.15 Å². The van der Waals surface area contributed by atoms with E-state index in [0.29, 0.717) is 30.1 Å². The van der Waals surface area contributed by atoms with Gasteiger partial charge < -0.3 is 9.47 Å². The molecule has 0 spiro atoms. The first-order valence-electron chi connectivity index (χ1n) is 5.88. The summed E-state index contributed by atoms with van der Waals surface area (Å²) in [6.45, 7) is 2.75. The number of thiophene rings is 1. The summed E-state index contributed by atoms with van der Waals surface area (Å²) >= 11 is 7.65. The van der Waals surface area contributed by atoms with Gasteiger partial charge in [0.2, 0.25) is 0 Å². The number of fused-ring (bicyclic) bond motifs is 1. The maximum Gasteiger partial charge on any atom is 0.157 e. The van der Waals surface area contributed by atoms with Crippen LogP contribution in [0.3, 0.4) is 0 Å². The molecule has 0 aromatic carbocycles. The van der Waals surface area contributed by atoms with E-state index in [-0.39, 0.29) is 0 Å². The molecule has 0 bridgehead atoms. The quantitative estimate of drug-likeness (QED) is 0.810. The Morgan fingerprint density at radius 2 is 2.44 bits per heavy atom. The molecule has 1 aliphatic heterocycles. The zero-order valence-corrected chi connectivity index (χ0v) is 11.3. The maximum absolute atomic E-state index is 6.09. The van der Waals surface area contributed by atoms with Gasteiger partial charge in [0.25, 0.3) is 0 Å². The van der Waals surface area contributed by atoms with E-state index < -0.39 is 0 Å². The van der Waals surface area contributed by atoms with Gasteiger partial charge in [0.05, 0.1) is 13.2 Å². The molecule has 18 heavy (non-hydrogen) atoms. The molecule has 96 valence electrons. The molecule has 1 atom stereocenters. The Labute approximate surface area is 114 Å². The van der Waals surface area contributed by atoms with Gasteiger partial charge in [-0.3, -0.25) is 0 Å². The van der Waals surface area contributed by atoms with Crippen LogP contribution in [-0.4, -0.2) is 29.8 Å². The topological polar surface area (TPSA) is 44.2 Å². The lowest BCUT2D eigenvalue weighted by molar-refractivity contribution is 0.0755. The highest BCUT2D eigenvalue weighted by Crippen LogP contribution is 2.25. The minimum Gasteiger partial charge on any atom is -0.381 e. The van der Waals surface area contributed by atoms with E-state index in [0.717, 1.165) is 29.9 Å². The molecule has 2 aromatic heterocycles. The van der Waals surface area contributed by atoms with Crippen molar-refractivity contribution in [1.82, 2.24) is 9.97 Å². The van der Waals surface area contributed by atoms with Gasteiger partial charge in [-0.25, -0.2) is 9.97 Å². The predicted octanol–water partition coefficient (Wildman–Crippen LogP) is 2.90. The van der Waals surface area contributed by atoms with Gasteiger partial charge in [-0.05, 0) is 17.9 Å². The van der Waals surface area contributed by atoms with E-state index >= 15 is 0 Å². The monoisotopic (exact) mass is 284 g/mol. The van der Waals surface area contributed by atoms with Gasteiger partial charge in [0, 0.05) is 17.9 Å². The Hall–Kier alpha value is -0.750. The SMILES string of the molecule is Clc1nc(COCC2CCOC2)nc2sccc12. The highest BCUT2D eigenvalue weighted by atomic mass is 35.5. The number of halogens is 1. The summed E-state index contributed by atoms with van der Waals surface area (Å²) in [6.07, 6.45) is 1.07. The second kappa shape index (κ2) is 5.48. The van der Waals surface area contributed by atoms with Crippen molar-refractivity contribution in [2.75, 3.05) is 19.8 Å². The summed E-state index contributed by atoms with van der Waals surface area (Å²) in [7, 11) is 0. The standard InChI is InChI=1S/C12H13ClN2O2S/c13-11-9-2-4-18-12(9)15-10(14-11)7-17-6-8-1-3-16-5-8/h2,4,8H,1,3,5-7H2. The van der Waals surface area contributed by atoms with Gasteiger partial charge >= 0.3 is 0 Å². The van der Waals surface area contributed by atoms with Crippen molar-refractivity contribution in [3.63, 3.8) is 0 Å². The van der Waals surface area contributed by atoms with Crippen LogP contribution in [0.1, 0.15) is 12.2 Å². The Balaban J connectivity index is 1.63. The number of rotatable bonds is 4. The third-order valence-corrected chi connectivity index (χ3v) is 4.03. The molecule has 3 rings (SSSR count). The molecule has 2 aromatic rings. The van der Waals surface area contributed by atoms with E-state index in [1.165, 1.54) is 0 Å². The molecule has 4 nitrogen and oxygen atoms in total. The van der Waals surface area contributed by atoms with Crippen molar-refractivity contribution in [3.05, 3.63) is 22.4 Å². The van der Waals surface area contributed by atoms with Crippen LogP contribution in [-0.2, 0) is 16.1 Å². The Bertz CT molecular complexity index is 540. The predicted molar refractivity (Wildman–Crippen MR) is 71.0 cm³/mol. The first-order valence-corrected chi connectivity index (χ1v) is 7.14. The van der Waals surface area contributed by atoms with E-state index in [4.69, 9.17) is 21.1 Å². The second-order valence-electron chi connectivity index (χ2n) is 4.31. The number of hydrogen-bond acceptors (Lipinski definition) is 5. The van der Waals surface area contributed by atoms with Gasteiger partial charge in [-0.1, -0.05) is 11.6 Å². The van der Waals surface area contributed by atoms with Crippen LogP contribution >= 0.6 is 22.9 Å². The highest BCUT2D eigenvalue weighted by Gasteiger charge is 2.16. The van der Waals surface area contributed by atoms with E-state index in [2.05, 4.69) is 9.97 Å². The first kappa shape index (κ1) is 12.3. The van der Waals surface area contributed by atoms with Crippen LogP contribution in [0.4, 0.5) is 0 Å². The minimum atomic E-state index is 0.407. The molecule has 0 amide bonds. The lowest BCUT2D eigenvalue weighted by Gasteiger charge is -2.08. The van der Waals surface area contributed by atoms with Crippen LogP contribution in [0.15, 0.2) is 11.4 Å². The van der Waals surface area contributed by atoms with Crippen molar-refractivity contribution in [2.24, 2.45) is 5.92 Å². The molecule has 1 saturated heterocycles. The average molecular weight is 285 g/mol. The third kappa shape index (κ3) is 2.64. The summed E-state index contributed by atoms with van der Waals surface area (Å²) in [5.41, 5.74) is 0. The van der Waals surface area contributed by atoms with Crippen molar-refractivity contribution < 1.29 is 9.47 Å².